The minimum absolute atomic E-state index is 0.0365. The van der Waals surface area contributed by atoms with Gasteiger partial charge < -0.3 is 18.9 Å². The van der Waals surface area contributed by atoms with E-state index in [2.05, 4.69) is 26.0 Å². The molecule has 2 atom stereocenters. The highest BCUT2D eigenvalue weighted by molar-refractivity contribution is 7.47. The normalized spacial score (nSPS) is 13.2. The number of carbonyl (C=O) groups excluding carboxylic acids is 2. The summed E-state index contributed by atoms with van der Waals surface area (Å²) in [5.41, 5.74) is 0. The summed E-state index contributed by atoms with van der Waals surface area (Å²) in [7, 11) is 1.50. The Bertz CT molecular complexity index is 1220. The van der Waals surface area contributed by atoms with Crippen LogP contribution >= 0.6 is 7.82 Å². The van der Waals surface area contributed by atoms with E-state index in [-0.39, 0.29) is 25.6 Å². The summed E-state index contributed by atoms with van der Waals surface area (Å²) < 4.78 is 34.6. The number of unbranched alkanes of at least 4 members (excludes halogenated alkanes) is 43. The number of rotatable bonds is 59. The molecule has 0 amide bonds. The molecule has 10 heteroatoms. The fraction of sp³-hybridized carbons (Fsp3) is 0.935. The fourth-order valence-corrected chi connectivity index (χ4v) is 10.2. The molecule has 9 nitrogen and oxygen atoms in total. The van der Waals surface area contributed by atoms with Crippen LogP contribution in [-0.4, -0.2) is 74.9 Å². The van der Waals surface area contributed by atoms with Gasteiger partial charge in [-0.1, -0.05) is 283 Å². The van der Waals surface area contributed by atoms with Crippen LogP contribution in [0.1, 0.15) is 322 Å². The molecule has 0 saturated heterocycles. The highest BCUT2D eigenvalue weighted by Gasteiger charge is 2.27. The molecule has 0 bridgehead atoms. The predicted molar refractivity (Wildman–Crippen MR) is 308 cm³/mol. The van der Waals surface area contributed by atoms with Gasteiger partial charge in [0.25, 0.3) is 0 Å². The molecule has 0 saturated carbocycles. The average Bonchev–Trinajstić information content (AvgIpc) is 3.34. The van der Waals surface area contributed by atoms with Gasteiger partial charge in [-0.2, -0.15) is 0 Å². The first-order chi connectivity index (χ1) is 35.0. The second-order valence-electron chi connectivity index (χ2n) is 22.8. The third-order valence-corrected chi connectivity index (χ3v) is 15.3. The first kappa shape index (κ1) is 70.8. The van der Waals surface area contributed by atoms with E-state index in [0.29, 0.717) is 17.4 Å². The molecule has 0 aliphatic rings. The van der Waals surface area contributed by atoms with E-state index in [1.54, 1.807) is 0 Å². The standard InChI is InChI=1S/C62H122NO8P/c1-6-8-10-12-14-16-18-20-22-23-24-25-26-27-28-29-30-31-32-33-34-35-36-37-38-39-41-43-45-47-49-51-53-55-62(65)71-60(59-70-72(66,67)69-57-56-63(3,4)5)58-68-61(64)54-52-50-48-46-44-42-40-21-19-17-15-13-11-9-7-2/h23-24,60H,6-22,25-59H2,1-5H3/p+1/b24-23-. The number of likely N-dealkylation sites (N-methyl/N-ethyl adjacent to an activating group) is 1. The van der Waals surface area contributed by atoms with Crippen molar-refractivity contribution < 1.29 is 42.1 Å². The Hall–Kier alpha value is -1.25. The molecule has 0 rings (SSSR count). The second-order valence-corrected chi connectivity index (χ2v) is 24.3. The minimum Gasteiger partial charge on any atom is -0.462 e. The summed E-state index contributed by atoms with van der Waals surface area (Å²) in [6.07, 6.45) is 64.5. The average molecular weight is 1040 g/mol. The first-order valence-corrected chi connectivity index (χ1v) is 32.9. The maximum atomic E-state index is 12.8. The Kier molecular flexibility index (Phi) is 53.6. The lowest BCUT2D eigenvalue weighted by Crippen LogP contribution is -2.37. The van der Waals surface area contributed by atoms with Crippen molar-refractivity contribution in [2.24, 2.45) is 0 Å². The van der Waals surface area contributed by atoms with Gasteiger partial charge in [0.15, 0.2) is 6.10 Å². The summed E-state index contributed by atoms with van der Waals surface area (Å²) in [6, 6.07) is 0. The van der Waals surface area contributed by atoms with Crippen LogP contribution in [0.4, 0.5) is 0 Å². The number of allylic oxidation sites excluding steroid dienone is 2. The molecular weight excluding hydrogens is 918 g/mol. The Balaban J connectivity index is 3.96. The molecule has 0 aromatic rings. The summed E-state index contributed by atoms with van der Waals surface area (Å²) in [6.45, 7) is 4.49. The third-order valence-electron chi connectivity index (χ3n) is 14.3. The van der Waals surface area contributed by atoms with Crippen LogP contribution < -0.4 is 0 Å². The molecule has 2 unspecified atom stereocenters. The van der Waals surface area contributed by atoms with E-state index < -0.39 is 26.5 Å². The van der Waals surface area contributed by atoms with Gasteiger partial charge in [-0.3, -0.25) is 18.6 Å². The van der Waals surface area contributed by atoms with Crippen LogP contribution in [-0.2, 0) is 32.7 Å². The number of phosphoric ester groups is 1. The van der Waals surface area contributed by atoms with Crippen molar-refractivity contribution in [3.8, 4) is 0 Å². The van der Waals surface area contributed by atoms with Crippen molar-refractivity contribution in [3.63, 3.8) is 0 Å². The van der Waals surface area contributed by atoms with Gasteiger partial charge in [-0.05, 0) is 38.5 Å². The van der Waals surface area contributed by atoms with E-state index >= 15 is 0 Å². The summed E-state index contributed by atoms with van der Waals surface area (Å²) in [5, 5.41) is 0. The van der Waals surface area contributed by atoms with Crippen LogP contribution in [0, 0.1) is 0 Å². The predicted octanol–water partition coefficient (Wildman–Crippen LogP) is 19.6. The third kappa shape index (κ3) is 58.0. The fourth-order valence-electron chi connectivity index (χ4n) is 9.43. The summed E-state index contributed by atoms with van der Waals surface area (Å²) in [4.78, 5) is 35.7. The lowest BCUT2D eigenvalue weighted by atomic mass is 10.0. The van der Waals surface area contributed by atoms with Crippen molar-refractivity contribution in [2.75, 3.05) is 47.5 Å². The Morgan fingerprint density at radius 3 is 1.03 bits per heavy atom. The largest absolute Gasteiger partial charge is 0.472 e. The van der Waals surface area contributed by atoms with Gasteiger partial charge in [0.2, 0.25) is 0 Å². The highest BCUT2D eigenvalue weighted by atomic mass is 31.2. The smallest absolute Gasteiger partial charge is 0.462 e. The summed E-state index contributed by atoms with van der Waals surface area (Å²) in [5.74, 6) is -0.776. The van der Waals surface area contributed by atoms with E-state index in [1.807, 2.05) is 21.1 Å². The number of hydrogen-bond donors (Lipinski definition) is 1. The van der Waals surface area contributed by atoms with Gasteiger partial charge in [-0.15, -0.1) is 0 Å². The van der Waals surface area contributed by atoms with Crippen molar-refractivity contribution in [2.45, 2.75) is 328 Å². The number of quaternary nitrogens is 1. The molecular formula is C62H123NO8P+. The second kappa shape index (κ2) is 54.5. The molecule has 0 spiro atoms. The van der Waals surface area contributed by atoms with Crippen LogP contribution in [0.25, 0.3) is 0 Å². The topological polar surface area (TPSA) is 108 Å². The quantitative estimate of drug-likeness (QED) is 0.0211. The van der Waals surface area contributed by atoms with Gasteiger partial charge in [0.05, 0.1) is 27.7 Å². The van der Waals surface area contributed by atoms with E-state index in [0.717, 1.165) is 38.5 Å². The number of carbonyl (C=O) groups is 2. The SMILES string of the molecule is CCCCCCCCCC/C=C\CCCCCCCCCCCCCCCCCCCCCCCC(=O)OC(COC(=O)CCCCCCCCCCCCCCCCC)COP(=O)(O)OCC[N+](C)(C)C. The van der Waals surface area contributed by atoms with Crippen LogP contribution in [0.2, 0.25) is 0 Å². The summed E-state index contributed by atoms with van der Waals surface area (Å²) >= 11 is 0. The van der Waals surface area contributed by atoms with Gasteiger partial charge in [-0.25, -0.2) is 4.57 Å². The Morgan fingerprint density at radius 1 is 0.417 bits per heavy atom. The van der Waals surface area contributed by atoms with Crippen molar-refractivity contribution in [3.05, 3.63) is 12.2 Å². The van der Waals surface area contributed by atoms with Crippen LogP contribution in [0.5, 0.6) is 0 Å². The Morgan fingerprint density at radius 2 is 0.708 bits per heavy atom. The van der Waals surface area contributed by atoms with Crippen LogP contribution in [0.15, 0.2) is 12.2 Å². The molecule has 0 fully saturated rings. The van der Waals surface area contributed by atoms with Crippen molar-refractivity contribution >= 4 is 19.8 Å². The minimum atomic E-state index is -4.38. The zero-order valence-corrected chi connectivity index (χ0v) is 49.6. The number of phosphoric acid groups is 1. The van der Waals surface area contributed by atoms with Crippen molar-refractivity contribution in [1.29, 1.82) is 0 Å². The maximum Gasteiger partial charge on any atom is 0.472 e. The first-order valence-electron chi connectivity index (χ1n) is 31.4. The molecule has 0 aliphatic carbocycles. The molecule has 0 heterocycles. The maximum absolute atomic E-state index is 12.8. The molecule has 0 aliphatic heterocycles. The van der Waals surface area contributed by atoms with E-state index in [9.17, 15) is 19.0 Å². The zero-order chi connectivity index (χ0) is 52.7. The van der Waals surface area contributed by atoms with E-state index in [4.69, 9.17) is 18.5 Å². The zero-order valence-electron chi connectivity index (χ0n) is 48.7. The number of hydrogen-bond acceptors (Lipinski definition) is 7. The molecule has 72 heavy (non-hydrogen) atoms. The van der Waals surface area contributed by atoms with Crippen molar-refractivity contribution in [1.82, 2.24) is 0 Å². The van der Waals surface area contributed by atoms with Gasteiger partial charge >= 0.3 is 19.8 Å². The number of ether oxygens (including phenoxy) is 2. The number of esters is 2. The molecule has 0 aromatic heterocycles. The lowest BCUT2D eigenvalue weighted by Gasteiger charge is -2.24. The lowest BCUT2D eigenvalue weighted by molar-refractivity contribution is -0.870. The Labute approximate surface area is 447 Å². The van der Waals surface area contributed by atoms with Gasteiger partial charge in [0.1, 0.15) is 19.8 Å². The van der Waals surface area contributed by atoms with Gasteiger partial charge in [0, 0.05) is 12.8 Å². The number of nitrogens with zero attached hydrogens (tertiary/aromatic N) is 1. The molecule has 0 radical (unpaired) electrons. The molecule has 0 aromatic carbocycles. The highest BCUT2D eigenvalue weighted by Crippen LogP contribution is 2.43. The molecule has 1 N–H and O–H groups in total. The molecule has 428 valence electrons. The monoisotopic (exact) mass is 1040 g/mol. The van der Waals surface area contributed by atoms with Crippen LogP contribution in [0.3, 0.4) is 0 Å². The van der Waals surface area contributed by atoms with E-state index in [1.165, 1.54) is 257 Å².